The Labute approximate surface area is 123 Å². The fourth-order valence-corrected chi connectivity index (χ4v) is 3.26. The van der Waals surface area contributed by atoms with Gasteiger partial charge >= 0.3 is 5.76 Å². The van der Waals surface area contributed by atoms with Crippen LogP contribution in [0, 0.1) is 5.92 Å². The number of carbonyl (C=O) groups is 1. The van der Waals surface area contributed by atoms with Gasteiger partial charge in [-0.15, -0.1) is 0 Å². The molecule has 1 aliphatic rings. The predicted molar refractivity (Wildman–Crippen MR) is 81.6 cm³/mol. The molecule has 1 aliphatic carbocycles. The van der Waals surface area contributed by atoms with Crippen LogP contribution in [0.2, 0.25) is 0 Å². The number of nitrogens with zero attached hydrogens (tertiary/aromatic N) is 1. The summed E-state index contributed by atoms with van der Waals surface area (Å²) in [4.78, 5) is 23.8. The van der Waals surface area contributed by atoms with Crippen molar-refractivity contribution in [2.45, 2.75) is 44.9 Å². The van der Waals surface area contributed by atoms with E-state index in [1.807, 2.05) is 0 Å². The number of hydrogen-bond acceptors (Lipinski definition) is 3. The molecule has 0 bridgehead atoms. The molecule has 2 aromatic rings. The lowest BCUT2D eigenvalue weighted by Gasteiger charge is -2.20. The number of ketones is 1. The molecule has 4 nitrogen and oxygen atoms in total. The molecule has 1 heterocycles. The SMILES string of the molecule is Cn1c(=O)oc2cc(C(=O)CCC3CCCCC3)ccc21. The number of Topliss-reactive ketones (excluding diaryl/α,β-unsaturated/α-hetero) is 1. The Morgan fingerprint density at radius 3 is 2.81 bits per heavy atom. The molecule has 3 rings (SSSR count). The third-order valence-electron chi connectivity index (χ3n) is 4.62. The minimum Gasteiger partial charge on any atom is -0.408 e. The predicted octanol–water partition coefficient (Wildman–Crippen LogP) is 3.67. The summed E-state index contributed by atoms with van der Waals surface area (Å²) in [5.41, 5.74) is 1.86. The summed E-state index contributed by atoms with van der Waals surface area (Å²) in [6, 6.07) is 5.27. The molecule has 0 atom stereocenters. The van der Waals surface area contributed by atoms with E-state index in [0.717, 1.165) is 11.9 Å². The fourth-order valence-electron chi connectivity index (χ4n) is 3.26. The van der Waals surface area contributed by atoms with Crippen LogP contribution in [-0.4, -0.2) is 10.4 Å². The maximum absolute atomic E-state index is 12.3. The molecule has 112 valence electrons. The second kappa shape index (κ2) is 5.88. The average Bonchev–Trinajstić information content (AvgIpc) is 2.80. The molecule has 21 heavy (non-hydrogen) atoms. The van der Waals surface area contributed by atoms with Gasteiger partial charge in [-0.2, -0.15) is 0 Å². The minimum atomic E-state index is -0.392. The number of oxazole rings is 1. The molecule has 0 N–H and O–H groups in total. The quantitative estimate of drug-likeness (QED) is 0.806. The van der Waals surface area contributed by atoms with E-state index in [9.17, 15) is 9.59 Å². The smallest absolute Gasteiger partial charge is 0.408 e. The van der Waals surface area contributed by atoms with Gasteiger partial charge in [0.05, 0.1) is 5.52 Å². The van der Waals surface area contributed by atoms with Gasteiger partial charge in [0.15, 0.2) is 11.4 Å². The van der Waals surface area contributed by atoms with E-state index in [0.29, 0.717) is 23.5 Å². The van der Waals surface area contributed by atoms with Gasteiger partial charge < -0.3 is 4.42 Å². The lowest BCUT2D eigenvalue weighted by atomic mass is 9.85. The number of hydrogen-bond donors (Lipinski definition) is 0. The minimum absolute atomic E-state index is 0.147. The van der Waals surface area contributed by atoms with Crippen LogP contribution in [0.5, 0.6) is 0 Å². The first kappa shape index (κ1) is 14.1. The van der Waals surface area contributed by atoms with E-state index >= 15 is 0 Å². The summed E-state index contributed by atoms with van der Waals surface area (Å²) in [6.07, 6.45) is 8.05. The summed E-state index contributed by atoms with van der Waals surface area (Å²) in [6.45, 7) is 0. The van der Waals surface area contributed by atoms with Crippen LogP contribution in [0.3, 0.4) is 0 Å². The summed E-state index contributed by atoms with van der Waals surface area (Å²) < 4.78 is 6.59. The maximum atomic E-state index is 12.3. The lowest BCUT2D eigenvalue weighted by Crippen LogP contribution is -2.09. The molecule has 0 unspecified atom stereocenters. The second-order valence-electron chi connectivity index (χ2n) is 6.08. The Morgan fingerprint density at radius 1 is 1.29 bits per heavy atom. The number of benzene rings is 1. The molecule has 0 saturated heterocycles. The van der Waals surface area contributed by atoms with Crippen LogP contribution in [0.4, 0.5) is 0 Å². The highest BCUT2D eigenvalue weighted by atomic mass is 16.4. The zero-order valence-electron chi connectivity index (χ0n) is 12.4. The van der Waals surface area contributed by atoms with Gasteiger partial charge in [-0.1, -0.05) is 32.1 Å². The van der Waals surface area contributed by atoms with Crippen LogP contribution in [0.25, 0.3) is 11.1 Å². The normalized spacial score (nSPS) is 16.4. The highest BCUT2D eigenvalue weighted by Gasteiger charge is 2.16. The number of aromatic nitrogens is 1. The zero-order valence-corrected chi connectivity index (χ0v) is 12.4. The molecule has 0 aliphatic heterocycles. The largest absolute Gasteiger partial charge is 0.419 e. The van der Waals surface area contributed by atoms with Crippen molar-refractivity contribution in [1.29, 1.82) is 0 Å². The zero-order chi connectivity index (χ0) is 14.8. The highest BCUT2D eigenvalue weighted by Crippen LogP contribution is 2.28. The van der Waals surface area contributed by atoms with Crippen LogP contribution in [0.1, 0.15) is 55.3 Å². The van der Waals surface area contributed by atoms with Crippen LogP contribution in [-0.2, 0) is 7.05 Å². The Morgan fingerprint density at radius 2 is 2.05 bits per heavy atom. The molecule has 1 aromatic heterocycles. The van der Waals surface area contributed by atoms with Gasteiger partial charge in [-0.3, -0.25) is 9.36 Å². The maximum Gasteiger partial charge on any atom is 0.419 e. The number of fused-ring (bicyclic) bond motifs is 1. The van der Waals surface area contributed by atoms with Gasteiger partial charge in [0, 0.05) is 19.0 Å². The Balaban J connectivity index is 1.70. The third-order valence-corrected chi connectivity index (χ3v) is 4.62. The monoisotopic (exact) mass is 287 g/mol. The Hall–Kier alpha value is -1.84. The van der Waals surface area contributed by atoms with Gasteiger partial charge in [0.1, 0.15) is 0 Å². The van der Waals surface area contributed by atoms with Crippen molar-refractivity contribution < 1.29 is 9.21 Å². The molecule has 4 heteroatoms. The van der Waals surface area contributed by atoms with Crippen molar-refractivity contribution in [1.82, 2.24) is 4.57 Å². The van der Waals surface area contributed by atoms with E-state index in [-0.39, 0.29) is 5.78 Å². The average molecular weight is 287 g/mol. The first-order valence-corrected chi connectivity index (χ1v) is 7.78. The van der Waals surface area contributed by atoms with Crippen LogP contribution in [0.15, 0.2) is 27.4 Å². The molecule has 0 spiro atoms. The van der Waals surface area contributed by atoms with Gasteiger partial charge in [0.25, 0.3) is 0 Å². The van der Waals surface area contributed by atoms with E-state index in [4.69, 9.17) is 4.42 Å². The number of carbonyl (C=O) groups excluding carboxylic acids is 1. The van der Waals surface area contributed by atoms with Crippen molar-refractivity contribution in [2.75, 3.05) is 0 Å². The van der Waals surface area contributed by atoms with Crippen LogP contribution < -0.4 is 5.76 Å². The van der Waals surface area contributed by atoms with E-state index in [2.05, 4.69) is 0 Å². The first-order valence-electron chi connectivity index (χ1n) is 7.78. The second-order valence-corrected chi connectivity index (χ2v) is 6.08. The summed E-state index contributed by atoms with van der Waals surface area (Å²) in [5, 5.41) is 0. The fraction of sp³-hybridized carbons (Fsp3) is 0.529. The van der Waals surface area contributed by atoms with Crippen molar-refractivity contribution in [3.05, 3.63) is 34.3 Å². The molecular formula is C17H21NO3. The standard InChI is InChI=1S/C17H21NO3/c1-18-14-9-8-13(11-16(14)21-17(18)20)15(19)10-7-12-5-3-2-4-6-12/h8-9,11-12H,2-7,10H2,1H3. The molecule has 1 fully saturated rings. The number of rotatable bonds is 4. The number of aryl methyl sites for hydroxylation is 1. The molecule has 1 aromatic carbocycles. The summed E-state index contributed by atoms with van der Waals surface area (Å²) >= 11 is 0. The molecule has 0 radical (unpaired) electrons. The highest BCUT2D eigenvalue weighted by molar-refractivity contribution is 5.98. The van der Waals surface area contributed by atoms with Crippen molar-refractivity contribution >= 4 is 16.9 Å². The van der Waals surface area contributed by atoms with Gasteiger partial charge in [0.2, 0.25) is 0 Å². The first-order chi connectivity index (χ1) is 10.1. The summed E-state index contributed by atoms with van der Waals surface area (Å²) in [7, 11) is 1.67. The van der Waals surface area contributed by atoms with E-state index in [1.54, 1.807) is 25.2 Å². The summed E-state index contributed by atoms with van der Waals surface area (Å²) in [5.74, 6) is 0.465. The Bertz CT molecular complexity index is 704. The van der Waals surface area contributed by atoms with Crippen LogP contribution >= 0.6 is 0 Å². The lowest BCUT2D eigenvalue weighted by molar-refractivity contribution is 0.0970. The molecule has 0 amide bonds. The molecular weight excluding hydrogens is 266 g/mol. The van der Waals surface area contributed by atoms with Gasteiger partial charge in [-0.25, -0.2) is 4.79 Å². The van der Waals surface area contributed by atoms with Crippen molar-refractivity contribution in [3.8, 4) is 0 Å². The van der Waals surface area contributed by atoms with Gasteiger partial charge in [-0.05, 0) is 30.5 Å². The van der Waals surface area contributed by atoms with Crippen molar-refractivity contribution in [2.24, 2.45) is 13.0 Å². The van der Waals surface area contributed by atoms with E-state index < -0.39 is 5.76 Å². The van der Waals surface area contributed by atoms with E-state index in [1.165, 1.54) is 36.7 Å². The third kappa shape index (κ3) is 2.94. The Kier molecular flexibility index (Phi) is 3.95. The molecule has 1 saturated carbocycles. The van der Waals surface area contributed by atoms with Crippen molar-refractivity contribution in [3.63, 3.8) is 0 Å². The topological polar surface area (TPSA) is 52.2 Å².